The Morgan fingerprint density at radius 1 is 1.15 bits per heavy atom. The standard InChI is InChI=1S/C31H37N3O4S/c1-6-14-32(5)28(36)25-24-16-19(3)31(39-24)26(25)29(37)34(20(4)18-35)27(31)30(38)33(15-7-2)23-13-12-21-10-8-9-11-22(21)17-23/h6-13,17,19-20,24-27,35H,1-2,14-16,18H2,3-5H3/t19?,20-,24+,25-,26+,27?,31?/m1/s1. The number of likely N-dealkylation sites (tertiary alicyclic amines) is 1. The molecule has 3 aliphatic heterocycles. The number of fused-ring (bicyclic) bond motifs is 2. The molecule has 3 saturated heterocycles. The van der Waals surface area contributed by atoms with Crippen LogP contribution in [-0.4, -0.2) is 81.5 Å². The minimum Gasteiger partial charge on any atom is -0.394 e. The van der Waals surface area contributed by atoms with Crippen molar-refractivity contribution < 1.29 is 19.5 Å². The van der Waals surface area contributed by atoms with Gasteiger partial charge in [0.2, 0.25) is 11.8 Å². The summed E-state index contributed by atoms with van der Waals surface area (Å²) in [6, 6.07) is 12.5. The summed E-state index contributed by atoms with van der Waals surface area (Å²) in [5.74, 6) is -1.58. The van der Waals surface area contributed by atoms with Crippen molar-refractivity contribution in [2.45, 2.75) is 42.3 Å². The van der Waals surface area contributed by atoms with Gasteiger partial charge >= 0.3 is 0 Å². The van der Waals surface area contributed by atoms with Crippen LogP contribution < -0.4 is 4.90 Å². The van der Waals surface area contributed by atoms with Gasteiger partial charge in [0.25, 0.3) is 5.91 Å². The van der Waals surface area contributed by atoms with Crippen LogP contribution in [0.15, 0.2) is 67.8 Å². The van der Waals surface area contributed by atoms with Gasteiger partial charge < -0.3 is 19.8 Å². The lowest BCUT2D eigenvalue weighted by molar-refractivity contribution is -0.144. The second kappa shape index (κ2) is 10.5. The quantitative estimate of drug-likeness (QED) is 0.484. The fraction of sp³-hybridized carbons (Fsp3) is 0.452. The first-order valence-corrected chi connectivity index (χ1v) is 14.5. The molecule has 5 rings (SSSR count). The molecule has 206 valence electrons. The van der Waals surface area contributed by atoms with Crippen LogP contribution in [0.3, 0.4) is 0 Å². The number of aliphatic hydroxyl groups is 1. The number of hydrogen-bond acceptors (Lipinski definition) is 5. The number of amides is 3. The van der Waals surface area contributed by atoms with Gasteiger partial charge in [-0.05, 0) is 42.2 Å². The van der Waals surface area contributed by atoms with Crippen molar-refractivity contribution in [1.29, 1.82) is 0 Å². The van der Waals surface area contributed by atoms with E-state index in [1.54, 1.807) is 52.6 Å². The summed E-state index contributed by atoms with van der Waals surface area (Å²) in [4.78, 5) is 47.5. The zero-order chi connectivity index (χ0) is 28.1. The normalized spacial score (nSPS) is 29.8. The predicted molar refractivity (Wildman–Crippen MR) is 156 cm³/mol. The molecule has 3 aliphatic rings. The van der Waals surface area contributed by atoms with Gasteiger partial charge in [-0.3, -0.25) is 14.4 Å². The third-order valence-corrected chi connectivity index (χ3v) is 10.9. The van der Waals surface area contributed by atoms with Crippen molar-refractivity contribution in [3.8, 4) is 0 Å². The Hall–Kier alpha value is -3.10. The Morgan fingerprint density at radius 3 is 2.51 bits per heavy atom. The Morgan fingerprint density at radius 2 is 1.85 bits per heavy atom. The molecule has 2 aromatic rings. The van der Waals surface area contributed by atoms with Gasteiger partial charge in [0.1, 0.15) is 6.04 Å². The highest BCUT2D eigenvalue weighted by Crippen LogP contribution is 2.69. The first-order chi connectivity index (χ1) is 18.7. The molecule has 3 fully saturated rings. The van der Waals surface area contributed by atoms with Gasteiger partial charge in [0.05, 0.1) is 29.2 Å². The molecule has 39 heavy (non-hydrogen) atoms. The maximum absolute atomic E-state index is 14.7. The minimum atomic E-state index is -0.809. The number of nitrogens with zero attached hydrogens (tertiary/aromatic N) is 3. The molecule has 1 N–H and O–H groups in total. The molecule has 1 spiro atoms. The van der Waals surface area contributed by atoms with E-state index in [1.165, 1.54) is 0 Å². The van der Waals surface area contributed by atoms with Gasteiger partial charge in [-0.25, -0.2) is 0 Å². The molecule has 2 aromatic carbocycles. The summed E-state index contributed by atoms with van der Waals surface area (Å²) in [7, 11) is 1.73. The topological polar surface area (TPSA) is 81.2 Å². The van der Waals surface area contributed by atoms with Crippen molar-refractivity contribution in [2.75, 3.05) is 31.6 Å². The van der Waals surface area contributed by atoms with Crippen LogP contribution in [0.5, 0.6) is 0 Å². The van der Waals surface area contributed by atoms with Crippen molar-refractivity contribution in [2.24, 2.45) is 17.8 Å². The number of anilines is 1. The van der Waals surface area contributed by atoms with Crippen LogP contribution in [0.2, 0.25) is 0 Å². The van der Waals surface area contributed by atoms with E-state index < -0.39 is 28.7 Å². The molecule has 7 nitrogen and oxygen atoms in total. The third-order valence-electron chi connectivity index (χ3n) is 8.84. The lowest BCUT2D eigenvalue weighted by Gasteiger charge is -2.41. The van der Waals surface area contributed by atoms with Crippen LogP contribution in [-0.2, 0) is 14.4 Å². The lowest BCUT2D eigenvalue weighted by Crippen LogP contribution is -2.59. The van der Waals surface area contributed by atoms with Crippen molar-refractivity contribution in [3.63, 3.8) is 0 Å². The lowest BCUT2D eigenvalue weighted by atomic mass is 9.65. The first kappa shape index (κ1) is 27.5. The van der Waals surface area contributed by atoms with E-state index in [1.807, 2.05) is 42.5 Å². The number of carbonyl (C=O) groups excluding carboxylic acids is 3. The molecule has 3 unspecified atom stereocenters. The van der Waals surface area contributed by atoms with E-state index in [4.69, 9.17) is 0 Å². The highest BCUT2D eigenvalue weighted by Gasteiger charge is 2.76. The molecule has 0 radical (unpaired) electrons. The van der Waals surface area contributed by atoms with Crippen LogP contribution in [0.4, 0.5) is 5.69 Å². The van der Waals surface area contributed by atoms with Crippen molar-refractivity contribution in [3.05, 3.63) is 67.8 Å². The smallest absolute Gasteiger partial charge is 0.251 e. The summed E-state index contributed by atoms with van der Waals surface area (Å²) in [6.45, 7) is 11.9. The first-order valence-electron chi connectivity index (χ1n) is 13.6. The zero-order valence-corrected chi connectivity index (χ0v) is 23.6. The van der Waals surface area contributed by atoms with Gasteiger partial charge in [-0.2, -0.15) is 0 Å². The number of likely N-dealkylation sites (N-methyl/N-ethyl adjacent to an activating group) is 1. The monoisotopic (exact) mass is 547 g/mol. The second-order valence-electron chi connectivity index (χ2n) is 11.1. The van der Waals surface area contributed by atoms with E-state index in [2.05, 4.69) is 20.1 Å². The average molecular weight is 548 g/mol. The molecule has 0 aromatic heterocycles. The molecule has 7 atom stereocenters. The molecule has 3 heterocycles. The summed E-state index contributed by atoms with van der Waals surface area (Å²) in [6.07, 6.45) is 4.13. The SMILES string of the molecule is C=CCN(C)C(=O)[C@@H]1[C@@H]2CC(C)C3(S2)C(C(=O)N(CC=C)c2ccc4ccccc4c2)N([C@H](C)CO)C(=O)[C@H]13. The number of aliphatic hydroxyl groups excluding tert-OH is 1. The fourth-order valence-electron chi connectivity index (χ4n) is 7.07. The molecular weight excluding hydrogens is 510 g/mol. The number of carbonyl (C=O) groups is 3. The van der Waals surface area contributed by atoms with Crippen LogP contribution >= 0.6 is 11.8 Å². The van der Waals surface area contributed by atoms with Crippen LogP contribution in [0.25, 0.3) is 10.8 Å². The number of thioether (sulfide) groups is 1. The van der Waals surface area contributed by atoms with Crippen LogP contribution in [0.1, 0.15) is 20.3 Å². The van der Waals surface area contributed by atoms with Gasteiger partial charge in [0.15, 0.2) is 0 Å². The highest BCUT2D eigenvalue weighted by molar-refractivity contribution is 8.02. The van der Waals surface area contributed by atoms with E-state index in [-0.39, 0.29) is 42.0 Å². The number of rotatable bonds is 9. The predicted octanol–water partition coefficient (Wildman–Crippen LogP) is 3.72. The zero-order valence-electron chi connectivity index (χ0n) is 22.8. The molecule has 0 aliphatic carbocycles. The summed E-state index contributed by atoms with van der Waals surface area (Å²) >= 11 is 1.64. The largest absolute Gasteiger partial charge is 0.394 e. The summed E-state index contributed by atoms with van der Waals surface area (Å²) < 4.78 is -0.756. The van der Waals surface area contributed by atoms with E-state index >= 15 is 0 Å². The molecule has 3 amide bonds. The Kier molecular flexibility index (Phi) is 7.37. The molecule has 2 bridgehead atoms. The maximum atomic E-state index is 14.7. The number of benzene rings is 2. The molecular formula is C31H37N3O4S. The fourth-order valence-corrected chi connectivity index (χ4v) is 9.46. The van der Waals surface area contributed by atoms with Gasteiger partial charge in [0, 0.05) is 31.1 Å². The van der Waals surface area contributed by atoms with Crippen molar-refractivity contribution >= 4 is 45.9 Å². The van der Waals surface area contributed by atoms with Gasteiger partial charge in [-0.15, -0.1) is 24.9 Å². The number of hydrogen-bond donors (Lipinski definition) is 1. The Labute approximate surface area is 234 Å². The van der Waals surface area contributed by atoms with Crippen LogP contribution in [0, 0.1) is 17.8 Å². The van der Waals surface area contributed by atoms with Gasteiger partial charge in [-0.1, -0.05) is 49.4 Å². The minimum absolute atomic E-state index is 0.0379. The maximum Gasteiger partial charge on any atom is 0.251 e. The second-order valence-corrected chi connectivity index (χ2v) is 12.7. The highest BCUT2D eigenvalue weighted by atomic mass is 32.2. The summed E-state index contributed by atoms with van der Waals surface area (Å²) in [5.41, 5.74) is 0.728. The van der Waals surface area contributed by atoms with E-state index in [0.717, 1.165) is 22.9 Å². The van der Waals surface area contributed by atoms with E-state index in [9.17, 15) is 19.5 Å². The molecule has 8 heteroatoms. The Balaban J connectivity index is 1.61. The summed E-state index contributed by atoms with van der Waals surface area (Å²) in [5, 5.41) is 12.2. The Bertz CT molecular complexity index is 1330. The van der Waals surface area contributed by atoms with E-state index in [0.29, 0.717) is 6.54 Å². The van der Waals surface area contributed by atoms with Crippen molar-refractivity contribution in [1.82, 2.24) is 9.80 Å². The average Bonchev–Trinajstić information content (AvgIpc) is 3.54. The molecule has 0 saturated carbocycles. The third kappa shape index (κ3) is 4.11.